The fraction of sp³-hybridized carbons (Fsp3) is 0.875. The van der Waals surface area contributed by atoms with Crippen molar-refractivity contribution in [1.82, 2.24) is 10.6 Å². The van der Waals surface area contributed by atoms with Gasteiger partial charge in [0.05, 0.1) is 0 Å². The van der Waals surface area contributed by atoms with Crippen LogP contribution in [0.5, 0.6) is 0 Å². The number of nitrogens with two attached hydrogens (primary N) is 1. The number of carbonyl (C=O) groups is 2. The van der Waals surface area contributed by atoms with Gasteiger partial charge in [-0.3, -0.25) is 9.59 Å². The van der Waals surface area contributed by atoms with Crippen LogP contribution in [0, 0.1) is 11.3 Å². The zero-order valence-electron chi connectivity index (χ0n) is 14.1. The molecule has 0 fully saturated rings. The summed E-state index contributed by atoms with van der Waals surface area (Å²) in [6, 6.07) is 0. The van der Waals surface area contributed by atoms with Gasteiger partial charge in [0, 0.05) is 25.9 Å². The van der Waals surface area contributed by atoms with E-state index in [4.69, 9.17) is 5.73 Å². The third-order valence-corrected chi connectivity index (χ3v) is 3.71. The Balaban J connectivity index is 3.90. The lowest BCUT2D eigenvalue weighted by atomic mass is 9.76. The lowest BCUT2D eigenvalue weighted by molar-refractivity contribution is -0.122. The molecule has 0 rings (SSSR count). The van der Waals surface area contributed by atoms with E-state index in [-0.39, 0.29) is 17.2 Å². The minimum atomic E-state index is -0.00662. The Bertz CT molecular complexity index is 311. The molecule has 0 aliphatic heterocycles. The molecule has 0 aromatic rings. The first-order valence-corrected chi connectivity index (χ1v) is 8.04. The minimum absolute atomic E-state index is 0.00662. The van der Waals surface area contributed by atoms with E-state index in [1.54, 1.807) is 0 Å². The van der Waals surface area contributed by atoms with Gasteiger partial charge < -0.3 is 16.4 Å². The van der Waals surface area contributed by atoms with Gasteiger partial charge in [-0.25, -0.2) is 0 Å². The third kappa shape index (κ3) is 10.3. The molecule has 0 heterocycles. The van der Waals surface area contributed by atoms with Crippen molar-refractivity contribution in [3.05, 3.63) is 0 Å². The van der Waals surface area contributed by atoms with E-state index < -0.39 is 0 Å². The lowest BCUT2D eigenvalue weighted by Crippen LogP contribution is -2.32. The van der Waals surface area contributed by atoms with Crippen LogP contribution in [0.15, 0.2) is 0 Å². The molecule has 0 aliphatic rings. The molecule has 0 spiro atoms. The van der Waals surface area contributed by atoms with E-state index in [9.17, 15) is 9.59 Å². The second-order valence-corrected chi connectivity index (χ2v) is 6.63. The molecule has 124 valence electrons. The molecule has 2 amide bonds. The van der Waals surface area contributed by atoms with Gasteiger partial charge in [-0.1, -0.05) is 27.7 Å². The van der Waals surface area contributed by atoms with Gasteiger partial charge in [0.15, 0.2) is 0 Å². The topological polar surface area (TPSA) is 84.2 Å². The number of carbonyl (C=O) groups excluding carboxylic acids is 2. The second kappa shape index (κ2) is 10.6. The normalized spacial score (nSPS) is 12.8. The van der Waals surface area contributed by atoms with E-state index in [0.717, 1.165) is 19.3 Å². The highest BCUT2D eigenvalue weighted by atomic mass is 16.2. The van der Waals surface area contributed by atoms with E-state index in [0.29, 0.717) is 38.4 Å². The van der Waals surface area contributed by atoms with E-state index in [1.807, 2.05) is 6.92 Å². The highest BCUT2D eigenvalue weighted by molar-refractivity contribution is 5.78. The number of nitrogens with one attached hydrogen (secondary N) is 2. The van der Waals surface area contributed by atoms with Crippen LogP contribution < -0.4 is 16.4 Å². The zero-order chi connectivity index (χ0) is 16.3. The summed E-state index contributed by atoms with van der Waals surface area (Å²) >= 11 is 0. The van der Waals surface area contributed by atoms with Crippen LogP contribution in [0.25, 0.3) is 0 Å². The van der Waals surface area contributed by atoms with Crippen LogP contribution in [-0.4, -0.2) is 31.4 Å². The van der Waals surface area contributed by atoms with Crippen molar-refractivity contribution >= 4 is 11.8 Å². The number of hydrogen-bond donors (Lipinski definition) is 3. The van der Waals surface area contributed by atoms with Gasteiger partial charge in [-0.15, -0.1) is 0 Å². The third-order valence-electron chi connectivity index (χ3n) is 3.71. The smallest absolute Gasteiger partial charge is 0.221 e. The number of rotatable bonds is 10. The van der Waals surface area contributed by atoms with Crippen LogP contribution in [-0.2, 0) is 9.59 Å². The molecule has 0 aliphatic carbocycles. The fourth-order valence-corrected chi connectivity index (χ4v) is 2.27. The van der Waals surface area contributed by atoms with Gasteiger partial charge in [0.1, 0.15) is 0 Å². The molecule has 0 aromatic carbocycles. The molecule has 1 atom stereocenters. The maximum absolute atomic E-state index is 11.8. The van der Waals surface area contributed by atoms with Crippen molar-refractivity contribution in [1.29, 1.82) is 0 Å². The van der Waals surface area contributed by atoms with Gasteiger partial charge in [-0.2, -0.15) is 0 Å². The monoisotopic (exact) mass is 299 g/mol. The van der Waals surface area contributed by atoms with Crippen LogP contribution in [0.2, 0.25) is 0 Å². The predicted octanol–water partition coefficient (Wildman–Crippen LogP) is 1.81. The first kappa shape index (κ1) is 19.9. The SMILES string of the molecule is CCCNC(=O)CCNC(=O)CCC(CCN)C(C)(C)C. The van der Waals surface area contributed by atoms with Crippen LogP contribution in [0.1, 0.15) is 59.8 Å². The molecule has 5 nitrogen and oxygen atoms in total. The average Bonchev–Trinajstić information content (AvgIpc) is 2.39. The summed E-state index contributed by atoms with van der Waals surface area (Å²) in [6.45, 7) is 10.3. The Morgan fingerprint density at radius 1 is 1.00 bits per heavy atom. The molecule has 5 heteroatoms. The number of amides is 2. The maximum Gasteiger partial charge on any atom is 0.221 e. The average molecular weight is 299 g/mol. The van der Waals surface area contributed by atoms with Gasteiger partial charge in [-0.05, 0) is 37.1 Å². The summed E-state index contributed by atoms with van der Waals surface area (Å²) in [5, 5.41) is 5.60. The molecule has 0 saturated heterocycles. The predicted molar refractivity (Wildman–Crippen MR) is 86.8 cm³/mol. The van der Waals surface area contributed by atoms with Gasteiger partial charge in [0.2, 0.25) is 11.8 Å². The summed E-state index contributed by atoms with van der Waals surface area (Å²) in [5.74, 6) is 0.457. The van der Waals surface area contributed by atoms with E-state index in [2.05, 4.69) is 31.4 Å². The van der Waals surface area contributed by atoms with Crippen LogP contribution in [0.3, 0.4) is 0 Å². The Morgan fingerprint density at radius 2 is 1.57 bits per heavy atom. The zero-order valence-corrected chi connectivity index (χ0v) is 14.1. The van der Waals surface area contributed by atoms with Crippen molar-refractivity contribution in [2.45, 2.75) is 59.8 Å². The molecule has 0 radical (unpaired) electrons. The van der Waals surface area contributed by atoms with Crippen molar-refractivity contribution in [2.24, 2.45) is 17.1 Å². The second-order valence-electron chi connectivity index (χ2n) is 6.63. The number of hydrogen-bond acceptors (Lipinski definition) is 3. The maximum atomic E-state index is 11.8. The molecule has 0 saturated carbocycles. The lowest BCUT2D eigenvalue weighted by Gasteiger charge is -2.30. The molecular formula is C16H33N3O2. The Morgan fingerprint density at radius 3 is 2.10 bits per heavy atom. The van der Waals surface area contributed by atoms with Crippen molar-refractivity contribution in [2.75, 3.05) is 19.6 Å². The Kier molecular flexibility index (Phi) is 10.0. The molecule has 0 aromatic heterocycles. The highest BCUT2D eigenvalue weighted by Crippen LogP contribution is 2.31. The van der Waals surface area contributed by atoms with Gasteiger partial charge >= 0.3 is 0 Å². The van der Waals surface area contributed by atoms with Crippen molar-refractivity contribution in [3.8, 4) is 0 Å². The summed E-state index contributed by atoms with van der Waals surface area (Å²) in [7, 11) is 0. The van der Waals surface area contributed by atoms with Crippen molar-refractivity contribution < 1.29 is 9.59 Å². The molecule has 1 unspecified atom stereocenters. The minimum Gasteiger partial charge on any atom is -0.356 e. The first-order valence-electron chi connectivity index (χ1n) is 8.04. The highest BCUT2D eigenvalue weighted by Gasteiger charge is 2.24. The molecule has 0 bridgehead atoms. The fourth-order valence-electron chi connectivity index (χ4n) is 2.27. The standard InChI is InChI=1S/C16H33N3O2/c1-5-11-18-15(21)9-12-19-14(20)7-6-13(8-10-17)16(2,3)4/h13H,5-12,17H2,1-4H3,(H,18,21)(H,19,20). The largest absolute Gasteiger partial charge is 0.356 e. The summed E-state index contributed by atoms with van der Waals surface area (Å²) in [5.41, 5.74) is 5.81. The quantitative estimate of drug-likeness (QED) is 0.575. The van der Waals surface area contributed by atoms with E-state index in [1.165, 1.54) is 0 Å². The van der Waals surface area contributed by atoms with Crippen molar-refractivity contribution in [3.63, 3.8) is 0 Å². The molecular weight excluding hydrogens is 266 g/mol. The van der Waals surface area contributed by atoms with Crippen LogP contribution in [0.4, 0.5) is 0 Å². The Labute approximate surface area is 129 Å². The van der Waals surface area contributed by atoms with Crippen LogP contribution >= 0.6 is 0 Å². The summed E-state index contributed by atoms with van der Waals surface area (Å²) in [4.78, 5) is 23.2. The summed E-state index contributed by atoms with van der Waals surface area (Å²) < 4.78 is 0. The van der Waals surface area contributed by atoms with Gasteiger partial charge in [0.25, 0.3) is 0 Å². The molecule has 21 heavy (non-hydrogen) atoms. The Hall–Kier alpha value is -1.10. The summed E-state index contributed by atoms with van der Waals surface area (Å²) in [6.07, 6.45) is 3.55. The van der Waals surface area contributed by atoms with E-state index >= 15 is 0 Å². The first-order chi connectivity index (χ1) is 9.81. The molecule has 4 N–H and O–H groups in total.